The zero-order valence-corrected chi connectivity index (χ0v) is 15.0. The molecule has 3 rings (SSSR count). The van der Waals surface area contributed by atoms with Crippen molar-refractivity contribution in [1.29, 1.82) is 0 Å². The molecule has 0 unspecified atom stereocenters. The van der Waals surface area contributed by atoms with Crippen molar-refractivity contribution in [2.24, 2.45) is 0 Å². The van der Waals surface area contributed by atoms with Gasteiger partial charge in [0.1, 0.15) is 10.3 Å². The molecule has 0 fully saturated rings. The van der Waals surface area contributed by atoms with Crippen LogP contribution < -0.4 is 0 Å². The average molecular weight is 372 g/mol. The van der Waals surface area contributed by atoms with Gasteiger partial charge in [0.05, 0.1) is 10.1 Å². The van der Waals surface area contributed by atoms with Crippen molar-refractivity contribution in [3.63, 3.8) is 0 Å². The predicted octanol–water partition coefficient (Wildman–Crippen LogP) is 3.07. The molecule has 0 radical (unpaired) electrons. The van der Waals surface area contributed by atoms with E-state index in [2.05, 4.69) is 0 Å². The van der Waals surface area contributed by atoms with E-state index < -0.39 is 31.3 Å². The number of thiophene rings is 1. The Hall–Kier alpha value is -1.22. The van der Waals surface area contributed by atoms with Crippen LogP contribution in [0.4, 0.5) is 0 Å². The first kappa shape index (κ1) is 16.6. The van der Waals surface area contributed by atoms with Gasteiger partial charge in [-0.15, -0.1) is 11.3 Å². The van der Waals surface area contributed by atoms with Gasteiger partial charge >= 0.3 is 0 Å². The summed E-state index contributed by atoms with van der Waals surface area (Å²) in [6.07, 6.45) is -0.655. The third kappa shape index (κ3) is 2.96. The molecule has 1 aromatic heterocycles. The van der Waals surface area contributed by atoms with E-state index in [1.165, 1.54) is 12.1 Å². The highest BCUT2D eigenvalue weighted by Crippen LogP contribution is 2.42. The summed E-state index contributed by atoms with van der Waals surface area (Å²) in [5.74, 6) is 0. The van der Waals surface area contributed by atoms with E-state index in [1.54, 1.807) is 30.5 Å². The summed E-state index contributed by atoms with van der Waals surface area (Å²) in [4.78, 5) is 0.0703. The van der Waals surface area contributed by atoms with Crippen molar-refractivity contribution in [2.45, 2.75) is 40.7 Å². The molecule has 1 aromatic carbocycles. The Morgan fingerprint density at radius 1 is 1.17 bits per heavy atom. The Kier molecular flexibility index (Phi) is 4.12. The number of fused-ring (bicyclic) bond motifs is 1. The maximum absolute atomic E-state index is 12.4. The predicted molar refractivity (Wildman–Crippen MR) is 87.8 cm³/mol. The quantitative estimate of drug-likeness (QED) is 0.774. The highest BCUT2D eigenvalue weighted by molar-refractivity contribution is 7.94. The van der Waals surface area contributed by atoms with Crippen LogP contribution in [0.2, 0.25) is 0 Å². The second kappa shape index (κ2) is 5.70. The summed E-state index contributed by atoms with van der Waals surface area (Å²) in [6.45, 7) is 3.44. The molecule has 124 valence electrons. The second-order valence-electron chi connectivity index (χ2n) is 5.61. The molecule has 0 amide bonds. The molecule has 0 N–H and O–H groups in total. The first-order valence-electron chi connectivity index (χ1n) is 7.03. The molecule has 2 heterocycles. The minimum absolute atomic E-state index is 0.0703. The number of sulfone groups is 1. The van der Waals surface area contributed by atoms with Gasteiger partial charge in [-0.3, -0.25) is 4.18 Å². The molecule has 0 bridgehead atoms. The molecule has 0 saturated heterocycles. The Labute approximate surface area is 140 Å². The minimum atomic E-state index is -3.95. The Bertz CT molecular complexity index is 924. The standard InChI is InChI=1S/C15H16O5S3/c1-10-3-5-12(6-4-10)23(18,19)20-14-9-11(2)22(16,17)15-13(14)7-8-21-15/h3-8,11,14H,9H2,1-2H3/t11-,14-/m0/s1. The van der Waals surface area contributed by atoms with E-state index in [0.717, 1.165) is 16.9 Å². The lowest BCUT2D eigenvalue weighted by Crippen LogP contribution is -2.28. The number of aryl methyl sites for hydroxylation is 1. The molecule has 0 saturated carbocycles. The normalized spacial score (nSPS) is 23.4. The van der Waals surface area contributed by atoms with Gasteiger partial charge in [-0.25, -0.2) is 8.42 Å². The number of benzene rings is 1. The van der Waals surface area contributed by atoms with Crippen LogP contribution in [0.5, 0.6) is 0 Å². The first-order valence-corrected chi connectivity index (χ1v) is 10.9. The Morgan fingerprint density at radius 2 is 1.83 bits per heavy atom. The lowest BCUT2D eigenvalue weighted by Gasteiger charge is -2.26. The van der Waals surface area contributed by atoms with Crippen molar-refractivity contribution in [1.82, 2.24) is 0 Å². The number of hydrogen-bond acceptors (Lipinski definition) is 6. The van der Waals surface area contributed by atoms with Gasteiger partial charge < -0.3 is 0 Å². The Balaban J connectivity index is 1.96. The zero-order chi connectivity index (χ0) is 16.8. The van der Waals surface area contributed by atoms with E-state index in [0.29, 0.717) is 5.56 Å². The molecule has 1 aliphatic heterocycles. The van der Waals surface area contributed by atoms with Crippen molar-refractivity contribution in [3.8, 4) is 0 Å². The third-order valence-corrected chi connectivity index (χ3v) is 8.94. The molecule has 2 atom stereocenters. The van der Waals surface area contributed by atoms with Gasteiger partial charge in [-0.05, 0) is 43.8 Å². The Morgan fingerprint density at radius 3 is 2.48 bits per heavy atom. The van der Waals surface area contributed by atoms with E-state index in [4.69, 9.17) is 4.18 Å². The van der Waals surface area contributed by atoms with Crippen LogP contribution in [0, 0.1) is 6.92 Å². The molecule has 23 heavy (non-hydrogen) atoms. The number of hydrogen-bond donors (Lipinski definition) is 0. The van der Waals surface area contributed by atoms with E-state index >= 15 is 0 Å². The zero-order valence-electron chi connectivity index (χ0n) is 12.6. The van der Waals surface area contributed by atoms with Crippen LogP contribution >= 0.6 is 11.3 Å². The monoisotopic (exact) mass is 372 g/mol. The molecule has 0 aliphatic carbocycles. The second-order valence-corrected chi connectivity index (χ2v) is 10.7. The summed E-state index contributed by atoms with van der Waals surface area (Å²) in [7, 11) is -7.34. The molecular formula is C15H16O5S3. The van der Waals surface area contributed by atoms with Crippen LogP contribution in [0.25, 0.3) is 0 Å². The van der Waals surface area contributed by atoms with Crippen LogP contribution in [-0.2, 0) is 24.1 Å². The van der Waals surface area contributed by atoms with Gasteiger partial charge in [-0.2, -0.15) is 8.42 Å². The van der Waals surface area contributed by atoms with Crippen molar-refractivity contribution in [2.75, 3.05) is 0 Å². The van der Waals surface area contributed by atoms with Gasteiger partial charge in [0.2, 0.25) is 0 Å². The summed E-state index contributed by atoms with van der Waals surface area (Å²) >= 11 is 1.10. The lowest BCUT2D eigenvalue weighted by molar-refractivity contribution is 0.196. The highest BCUT2D eigenvalue weighted by Gasteiger charge is 2.40. The molecule has 1 aliphatic rings. The third-order valence-electron chi connectivity index (χ3n) is 3.89. The number of rotatable bonds is 3. The van der Waals surface area contributed by atoms with Crippen molar-refractivity contribution in [3.05, 3.63) is 46.8 Å². The van der Waals surface area contributed by atoms with Gasteiger partial charge in [0.15, 0.2) is 9.84 Å². The maximum atomic E-state index is 12.4. The summed E-state index contributed by atoms with van der Waals surface area (Å²) in [5, 5.41) is 0.974. The lowest BCUT2D eigenvalue weighted by atomic mass is 10.1. The molecule has 5 nitrogen and oxygen atoms in total. The van der Waals surface area contributed by atoms with Gasteiger partial charge in [0, 0.05) is 5.56 Å². The fourth-order valence-electron chi connectivity index (χ4n) is 2.52. The van der Waals surface area contributed by atoms with Crippen LogP contribution in [0.15, 0.2) is 44.8 Å². The molecule has 0 spiro atoms. The first-order chi connectivity index (χ1) is 10.7. The fraction of sp³-hybridized carbons (Fsp3) is 0.333. The van der Waals surface area contributed by atoms with Gasteiger partial charge in [-0.1, -0.05) is 17.7 Å². The molecule has 8 heteroatoms. The van der Waals surface area contributed by atoms with Gasteiger partial charge in [0.25, 0.3) is 10.1 Å². The topological polar surface area (TPSA) is 77.5 Å². The van der Waals surface area contributed by atoms with E-state index in [1.807, 2.05) is 6.92 Å². The maximum Gasteiger partial charge on any atom is 0.297 e. The molecular weight excluding hydrogens is 356 g/mol. The van der Waals surface area contributed by atoms with Crippen LogP contribution in [0.1, 0.15) is 30.6 Å². The van der Waals surface area contributed by atoms with Crippen LogP contribution in [-0.4, -0.2) is 22.1 Å². The largest absolute Gasteiger partial charge is 0.297 e. The fourth-order valence-corrected chi connectivity index (χ4v) is 6.78. The van der Waals surface area contributed by atoms with Crippen molar-refractivity contribution < 1.29 is 21.0 Å². The average Bonchev–Trinajstić information content (AvgIpc) is 2.96. The highest BCUT2D eigenvalue weighted by atomic mass is 32.2. The minimum Gasteiger partial charge on any atom is -0.258 e. The SMILES string of the molecule is Cc1ccc(S(=O)(=O)O[C@H]2C[C@H](C)S(=O)(=O)c3sccc32)cc1. The van der Waals surface area contributed by atoms with E-state index in [9.17, 15) is 16.8 Å². The summed E-state index contributed by atoms with van der Waals surface area (Å²) in [6, 6.07) is 7.99. The van der Waals surface area contributed by atoms with Crippen molar-refractivity contribution >= 4 is 31.3 Å². The summed E-state index contributed by atoms with van der Waals surface area (Å²) in [5.41, 5.74) is 1.38. The molecule has 2 aromatic rings. The van der Waals surface area contributed by atoms with E-state index in [-0.39, 0.29) is 15.5 Å². The van der Waals surface area contributed by atoms with Crippen LogP contribution in [0.3, 0.4) is 0 Å². The smallest absolute Gasteiger partial charge is 0.258 e. The summed E-state index contributed by atoms with van der Waals surface area (Å²) < 4.78 is 55.0.